The smallest absolute Gasteiger partial charge is 0.403 e. The van der Waals surface area contributed by atoms with E-state index in [1.807, 2.05) is 0 Å². The number of alkyl halides is 3. The van der Waals surface area contributed by atoms with E-state index in [2.05, 4.69) is 20.0 Å². The number of rotatable bonds is 6. The van der Waals surface area contributed by atoms with Crippen LogP contribution in [0.25, 0.3) is 0 Å². The molecule has 1 unspecified atom stereocenters. The molecule has 1 aromatic heterocycles. The van der Waals surface area contributed by atoms with Gasteiger partial charge in [0.05, 0.1) is 0 Å². The van der Waals surface area contributed by atoms with Crippen LogP contribution < -0.4 is 5.32 Å². The monoisotopic (exact) mass is 253 g/mol. The molecule has 0 spiro atoms. The van der Waals surface area contributed by atoms with Gasteiger partial charge in [0.25, 0.3) is 0 Å². The molecule has 0 bridgehead atoms. The lowest BCUT2D eigenvalue weighted by molar-refractivity contribution is -0.192. The molecule has 0 saturated carbocycles. The molecule has 0 aliphatic rings. The number of nitrogens with zero attached hydrogens (tertiary/aromatic N) is 2. The number of nitrogens with one attached hydrogen (secondary N) is 1. The summed E-state index contributed by atoms with van der Waals surface area (Å²) in [6.07, 6.45) is -3.35. The second-order valence-electron chi connectivity index (χ2n) is 3.22. The van der Waals surface area contributed by atoms with Crippen LogP contribution in [0.3, 0.4) is 0 Å². The molecule has 9 heteroatoms. The van der Waals surface area contributed by atoms with Gasteiger partial charge in [-0.2, -0.15) is 18.2 Å². The van der Waals surface area contributed by atoms with Crippen molar-refractivity contribution in [3.63, 3.8) is 0 Å². The van der Waals surface area contributed by atoms with E-state index in [-0.39, 0.29) is 18.9 Å². The maximum absolute atomic E-state index is 12.2. The molecule has 0 aliphatic heterocycles. The van der Waals surface area contributed by atoms with Crippen LogP contribution in [0.15, 0.2) is 10.9 Å². The van der Waals surface area contributed by atoms with Gasteiger partial charge in [0, 0.05) is 19.5 Å². The number of carboxylic acid groups (broad SMARTS) is 1. The molecule has 0 saturated heterocycles. The predicted molar refractivity (Wildman–Crippen MR) is 48.1 cm³/mol. The maximum Gasteiger partial charge on any atom is 0.403 e. The van der Waals surface area contributed by atoms with Gasteiger partial charge >= 0.3 is 12.1 Å². The minimum absolute atomic E-state index is 0.127. The van der Waals surface area contributed by atoms with E-state index in [1.165, 1.54) is 6.33 Å². The number of aromatic nitrogens is 2. The van der Waals surface area contributed by atoms with Gasteiger partial charge in [0.2, 0.25) is 5.89 Å². The zero-order chi connectivity index (χ0) is 12.9. The van der Waals surface area contributed by atoms with Crippen molar-refractivity contribution in [2.75, 3.05) is 13.1 Å². The highest BCUT2D eigenvalue weighted by molar-refractivity contribution is 5.71. The molecule has 1 aromatic rings. The third-order valence-electron chi connectivity index (χ3n) is 1.96. The van der Waals surface area contributed by atoms with E-state index < -0.39 is 24.6 Å². The van der Waals surface area contributed by atoms with Crippen molar-refractivity contribution in [2.45, 2.75) is 12.6 Å². The van der Waals surface area contributed by atoms with Crippen molar-refractivity contribution >= 4 is 5.97 Å². The first-order valence-corrected chi connectivity index (χ1v) is 4.67. The topological polar surface area (TPSA) is 88.2 Å². The molecular weight excluding hydrogens is 243 g/mol. The Kier molecular flexibility index (Phi) is 4.44. The lowest BCUT2D eigenvalue weighted by Gasteiger charge is -2.16. The minimum atomic E-state index is -4.76. The van der Waals surface area contributed by atoms with Crippen LogP contribution in [0.2, 0.25) is 0 Å². The number of aliphatic carboxylic acids is 1. The summed E-state index contributed by atoms with van der Waals surface area (Å²) in [5.41, 5.74) is 0. The molecule has 0 aliphatic carbocycles. The Hall–Kier alpha value is -1.64. The van der Waals surface area contributed by atoms with Crippen molar-refractivity contribution in [1.29, 1.82) is 0 Å². The van der Waals surface area contributed by atoms with Gasteiger partial charge in [-0.1, -0.05) is 5.16 Å². The largest absolute Gasteiger partial charge is 0.481 e. The van der Waals surface area contributed by atoms with Crippen LogP contribution in [0.5, 0.6) is 0 Å². The fraction of sp³-hybridized carbons (Fsp3) is 0.625. The average Bonchev–Trinajstić information content (AvgIpc) is 2.67. The molecule has 1 heterocycles. The van der Waals surface area contributed by atoms with Crippen LogP contribution in [0.1, 0.15) is 5.89 Å². The summed E-state index contributed by atoms with van der Waals surface area (Å²) in [5.74, 6) is -4.04. The standard InChI is InChI=1S/C8H10F3N3O3/c9-8(10,11)5(7(15)16)3-12-2-1-6-13-4-14-17-6/h4-5,12H,1-3H2,(H,15,16). The molecule has 1 atom stereocenters. The van der Waals surface area contributed by atoms with E-state index >= 15 is 0 Å². The molecule has 0 radical (unpaired) electrons. The number of hydrogen-bond donors (Lipinski definition) is 2. The Labute approximate surface area is 93.8 Å². The Balaban J connectivity index is 2.31. The SMILES string of the molecule is O=C(O)C(CNCCc1ncno1)C(F)(F)F. The highest BCUT2D eigenvalue weighted by Crippen LogP contribution is 2.25. The molecule has 0 fully saturated rings. The van der Waals surface area contributed by atoms with Gasteiger partial charge in [0.15, 0.2) is 12.2 Å². The molecule has 1 rings (SSSR count). The Morgan fingerprint density at radius 2 is 2.29 bits per heavy atom. The summed E-state index contributed by atoms with van der Waals surface area (Å²) in [6.45, 7) is -0.560. The van der Waals surface area contributed by atoms with Crippen molar-refractivity contribution in [2.24, 2.45) is 5.92 Å². The Morgan fingerprint density at radius 3 is 2.76 bits per heavy atom. The van der Waals surface area contributed by atoms with Crippen LogP contribution in [-0.2, 0) is 11.2 Å². The van der Waals surface area contributed by atoms with Gasteiger partial charge in [-0.15, -0.1) is 0 Å². The minimum Gasteiger partial charge on any atom is -0.481 e. The van der Waals surface area contributed by atoms with Crippen LogP contribution >= 0.6 is 0 Å². The van der Waals surface area contributed by atoms with Crippen molar-refractivity contribution in [3.8, 4) is 0 Å². The summed E-state index contributed by atoms with van der Waals surface area (Å²) < 4.78 is 41.2. The third kappa shape index (κ3) is 4.39. The number of hydrogen-bond acceptors (Lipinski definition) is 5. The quantitative estimate of drug-likeness (QED) is 0.716. The highest BCUT2D eigenvalue weighted by Gasteiger charge is 2.44. The summed E-state index contributed by atoms with van der Waals surface area (Å²) >= 11 is 0. The van der Waals surface area contributed by atoms with Crippen LogP contribution in [0.4, 0.5) is 13.2 Å². The first-order chi connectivity index (χ1) is 7.91. The summed E-state index contributed by atoms with van der Waals surface area (Å²) in [6, 6.07) is 0. The fourth-order valence-corrected chi connectivity index (χ4v) is 1.09. The normalized spacial score (nSPS) is 13.6. The lowest BCUT2D eigenvalue weighted by atomic mass is 10.1. The molecular formula is C8H10F3N3O3. The summed E-state index contributed by atoms with van der Waals surface area (Å²) in [4.78, 5) is 14.0. The second kappa shape index (κ2) is 5.62. The van der Waals surface area contributed by atoms with E-state index in [4.69, 9.17) is 5.11 Å². The molecule has 0 aromatic carbocycles. The third-order valence-corrected chi connectivity index (χ3v) is 1.96. The molecule has 17 heavy (non-hydrogen) atoms. The summed E-state index contributed by atoms with van der Waals surface area (Å²) in [7, 11) is 0. The first kappa shape index (κ1) is 13.4. The number of carbonyl (C=O) groups is 1. The average molecular weight is 253 g/mol. The van der Waals surface area contributed by atoms with Gasteiger partial charge in [0.1, 0.15) is 0 Å². The Bertz CT molecular complexity index is 353. The molecule has 0 amide bonds. The molecule has 6 nitrogen and oxygen atoms in total. The Morgan fingerprint density at radius 1 is 1.59 bits per heavy atom. The van der Waals surface area contributed by atoms with Gasteiger partial charge in [-0.3, -0.25) is 4.79 Å². The highest BCUT2D eigenvalue weighted by atomic mass is 19.4. The van der Waals surface area contributed by atoms with Crippen LogP contribution in [0, 0.1) is 5.92 Å². The van der Waals surface area contributed by atoms with E-state index in [1.54, 1.807) is 0 Å². The van der Waals surface area contributed by atoms with Crippen molar-refractivity contribution in [3.05, 3.63) is 12.2 Å². The molecule has 96 valence electrons. The number of halogens is 3. The maximum atomic E-state index is 12.2. The first-order valence-electron chi connectivity index (χ1n) is 4.67. The van der Waals surface area contributed by atoms with E-state index in [0.29, 0.717) is 0 Å². The van der Waals surface area contributed by atoms with E-state index in [9.17, 15) is 18.0 Å². The number of carboxylic acids is 1. The zero-order valence-corrected chi connectivity index (χ0v) is 8.57. The second-order valence-corrected chi connectivity index (χ2v) is 3.22. The van der Waals surface area contributed by atoms with Gasteiger partial charge in [-0.25, -0.2) is 0 Å². The van der Waals surface area contributed by atoms with Gasteiger partial charge < -0.3 is 14.9 Å². The molecule has 2 N–H and O–H groups in total. The van der Waals surface area contributed by atoms with Crippen LogP contribution in [-0.4, -0.2) is 40.5 Å². The lowest BCUT2D eigenvalue weighted by Crippen LogP contribution is -2.39. The fourth-order valence-electron chi connectivity index (χ4n) is 1.09. The predicted octanol–water partition coefficient (Wildman–Crippen LogP) is 0.465. The van der Waals surface area contributed by atoms with Crippen molar-refractivity contribution < 1.29 is 27.6 Å². The van der Waals surface area contributed by atoms with E-state index in [0.717, 1.165) is 0 Å². The van der Waals surface area contributed by atoms with Gasteiger partial charge in [-0.05, 0) is 0 Å². The summed E-state index contributed by atoms with van der Waals surface area (Å²) in [5, 5.41) is 14.1. The zero-order valence-electron chi connectivity index (χ0n) is 8.57. The van der Waals surface area contributed by atoms with Crippen molar-refractivity contribution in [1.82, 2.24) is 15.5 Å².